The molecule has 0 aromatic heterocycles. The third-order valence-corrected chi connectivity index (χ3v) is 2.75. The van der Waals surface area contributed by atoms with Crippen molar-refractivity contribution in [3.63, 3.8) is 0 Å². The highest BCUT2D eigenvalue weighted by atomic mass is 32.2. The van der Waals surface area contributed by atoms with Gasteiger partial charge in [-0.25, -0.2) is 0 Å². The number of hydrogen-bond donors (Lipinski definition) is 3. The van der Waals surface area contributed by atoms with E-state index in [4.69, 9.17) is 15.3 Å². The first-order chi connectivity index (χ1) is 5.60. The van der Waals surface area contributed by atoms with Crippen molar-refractivity contribution < 1.29 is 20.1 Å². The van der Waals surface area contributed by atoms with Gasteiger partial charge < -0.3 is 15.3 Å². The van der Waals surface area contributed by atoms with Gasteiger partial charge in [-0.15, -0.1) is 0 Å². The van der Waals surface area contributed by atoms with Gasteiger partial charge in [-0.2, -0.15) is 0 Å². The maximum atomic E-state index is 10.6. The van der Waals surface area contributed by atoms with E-state index in [0.717, 1.165) is 11.8 Å². The predicted molar refractivity (Wildman–Crippen MR) is 46.8 cm³/mol. The summed E-state index contributed by atoms with van der Waals surface area (Å²) >= 11 is 0.993. The average molecular weight is 194 g/mol. The van der Waals surface area contributed by atoms with Gasteiger partial charge in [-0.3, -0.25) is 4.79 Å². The Balaban J connectivity index is 4.01. The quantitative estimate of drug-likeness (QED) is 0.535. The van der Waals surface area contributed by atoms with Gasteiger partial charge in [0.25, 0.3) is 0 Å². The number of aliphatic hydroxyl groups is 3. The summed E-state index contributed by atoms with van der Waals surface area (Å²) in [6.45, 7) is 0.447. The van der Waals surface area contributed by atoms with Gasteiger partial charge in [0.05, 0.1) is 19.8 Å². The van der Waals surface area contributed by atoms with Crippen LogP contribution in [0.1, 0.15) is 6.92 Å². The van der Waals surface area contributed by atoms with Crippen LogP contribution in [0, 0.1) is 5.41 Å². The Bertz CT molecular complexity index is 136. The molecule has 0 rings (SSSR count). The van der Waals surface area contributed by atoms with Gasteiger partial charge in [-0.1, -0.05) is 11.8 Å². The van der Waals surface area contributed by atoms with Crippen LogP contribution in [-0.4, -0.2) is 46.0 Å². The number of rotatable bonds is 5. The van der Waals surface area contributed by atoms with Crippen LogP contribution in [0.3, 0.4) is 0 Å². The highest BCUT2D eigenvalue weighted by Crippen LogP contribution is 2.21. The normalized spacial score (nSPS) is 11.7. The highest BCUT2D eigenvalue weighted by Gasteiger charge is 2.28. The van der Waals surface area contributed by atoms with E-state index in [-0.39, 0.29) is 30.7 Å². The topological polar surface area (TPSA) is 77.8 Å². The first-order valence-electron chi connectivity index (χ1n) is 3.56. The zero-order valence-electron chi connectivity index (χ0n) is 6.99. The molecule has 0 unspecified atom stereocenters. The summed E-state index contributed by atoms with van der Waals surface area (Å²) in [5.74, 6) is 0.242. The van der Waals surface area contributed by atoms with Gasteiger partial charge in [-0.05, 0) is 0 Å². The second kappa shape index (κ2) is 5.53. The number of carbonyl (C=O) groups is 1. The van der Waals surface area contributed by atoms with Crippen molar-refractivity contribution in [1.29, 1.82) is 0 Å². The molecule has 0 atom stereocenters. The van der Waals surface area contributed by atoms with E-state index in [9.17, 15) is 4.79 Å². The van der Waals surface area contributed by atoms with E-state index in [2.05, 4.69) is 0 Å². The fourth-order valence-corrected chi connectivity index (χ4v) is 1.32. The van der Waals surface area contributed by atoms with Crippen molar-refractivity contribution in [3.05, 3.63) is 0 Å². The maximum absolute atomic E-state index is 10.6. The number of carbonyl (C=O) groups excluding carboxylic acids is 1. The van der Waals surface area contributed by atoms with Crippen molar-refractivity contribution in [2.75, 3.05) is 25.6 Å². The lowest BCUT2D eigenvalue weighted by atomic mass is 9.94. The van der Waals surface area contributed by atoms with E-state index in [1.54, 1.807) is 0 Å². The average Bonchev–Trinajstić information content (AvgIpc) is 2.08. The van der Waals surface area contributed by atoms with Gasteiger partial charge in [0.15, 0.2) is 5.12 Å². The summed E-state index contributed by atoms with van der Waals surface area (Å²) in [7, 11) is 0. The Morgan fingerprint density at radius 3 is 1.92 bits per heavy atom. The molecule has 0 aromatic rings. The fourth-order valence-electron chi connectivity index (χ4n) is 0.542. The molecule has 0 saturated carbocycles. The van der Waals surface area contributed by atoms with Crippen molar-refractivity contribution in [2.24, 2.45) is 5.41 Å². The minimum Gasteiger partial charge on any atom is -0.396 e. The lowest BCUT2D eigenvalue weighted by molar-refractivity contribution is -0.109. The van der Waals surface area contributed by atoms with Gasteiger partial charge >= 0.3 is 0 Å². The van der Waals surface area contributed by atoms with Gasteiger partial charge in [0.2, 0.25) is 0 Å². The molecule has 72 valence electrons. The molecule has 0 saturated heterocycles. The Morgan fingerprint density at radius 2 is 1.67 bits per heavy atom. The molecule has 0 aliphatic rings. The van der Waals surface area contributed by atoms with Gasteiger partial charge in [0, 0.05) is 18.1 Å². The largest absolute Gasteiger partial charge is 0.396 e. The van der Waals surface area contributed by atoms with E-state index < -0.39 is 5.41 Å². The van der Waals surface area contributed by atoms with Gasteiger partial charge in [0.1, 0.15) is 0 Å². The summed E-state index contributed by atoms with van der Waals surface area (Å²) in [4.78, 5) is 10.6. The maximum Gasteiger partial charge on any atom is 0.185 e. The second-order valence-electron chi connectivity index (χ2n) is 2.75. The molecule has 0 aliphatic carbocycles. The van der Waals surface area contributed by atoms with E-state index in [1.165, 1.54) is 6.92 Å². The van der Waals surface area contributed by atoms with Crippen LogP contribution in [0.25, 0.3) is 0 Å². The number of aliphatic hydroxyl groups excluding tert-OH is 3. The first kappa shape index (κ1) is 11.9. The van der Waals surface area contributed by atoms with Crippen molar-refractivity contribution in [1.82, 2.24) is 0 Å². The molecule has 0 spiro atoms. The van der Waals surface area contributed by atoms with Crippen LogP contribution in [0.5, 0.6) is 0 Å². The molecule has 5 heteroatoms. The minimum absolute atomic E-state index is 0.0882. The molecule has 3 N–H and O–H groups in total. The third kappa shape index (κ3) is 3.53. The smallest absolute Gasteiger partial charge is 0.185 e. The van der Waals surface area contributed by atoms with Crippen molar-refractivity contribution in [3.8, 4) is 0 Å². The fraction of sp³-hybridized carbons (Fsp3) is 0.857. The lowest BCUT2D eigenvalue weighted by Crippen LogP contribution is -2.36. The zero-order chi connectivity index (χ0) is 9.61. The van der Waals surface area contributed by atoms with Crippen molar-refractivity contribution in [2.45, 2.75) is 6.92 Å². The standard InChI is InChI=1S/C7H14O4S/c1-6(11)12-5-7(2-8,3-9)4-10/h8-10H,2-5H2,1H3. The first-order valence-corrected chi connectivity index (χ1v) is 4.55. The lowest BCUT2D eigenvalue weighted by Gasteiger charge is -2.25. The summed E-state index contributed by atoms with van der Waals surface area (Å²) in [5, 5.41) is 26.4. The summed E-state index contributed by atoms with van der Waals surface area (Å²) in [5.41, 5.74) is -0.934. The summed E-state index contributed by atoms with van der Waals surface area (Å²) in [6.07, 6.45) is 0. The van der Waals surface area contributed by atoms with Crippen molar-refractivity contribution >= 4 is 16.9 Å². The Hall–Kier alpha value is -0.100. The van der Waals surface area contributed by atoms with E-state index in [0.29, 0.717) is 0 Å². The molecular weight excluding hydrogens is 180 g/mol. The number of hydrogen-bond acceptors (Lipinski definition) is 5. The zero-order valence-corrected chi connectivity index (χ0v) is 7.80. The Kier molecular flexibility index (Phi) is 5.48. The Morgan fingerprint density at radius 1 is 1.25 bits per heavy atom. The van der Waals surface area contributed by atoms with Crippen LogP contribution in [-0.2, 0) is 4.79 Å². The molecule has 0 amide bonds. The second-order valence-corrected chi connectivity index (χ2v) is 3.91. The predicted octanol–water partition coefficient (Wildman–Crippen LogP) is -0.771. The van der Waals surface area contributed by atoms with Crippen LogP contribution >= 0.6 is 11.8 Å². The van der Waals surface area contributed by atoms with Crippen LogP contribution < -0.4 is 0 Å². The molecular formula is C7H14O4S. The van der Waals surface area contributed by atoms with Crippen LogP contribution in [0.2, 0.25) is 0 Å². The molecule has 12 heavy (non-hydrogen) atoms. The monoisotopic (exact) mass is 194 g/mol. The summed E-state index contributed by atoms with van der Waals surface area (Å²) < 4.78 is 0. The number of thioether (sulfide) groups is 1. The van der Waals surface area contributed by atoms with Crippen LogP contribution in [0.15, 0.2) is 0 Å². The highest BCUT2D eigenvalue weighted by molar-refractivity contribution is 8.13. The van der Waals surface area contributed by atoms with E-state index >= 15 is 0 Å². The third-order valence-electron chi connectivity index (χ3n) is 1.59. The molecule has 0 fully saturated rings. The summed E-state index contributed by atoms with van der Waals surface area (Å²) in [6, 6.07) is 0. The molecule has 0 aromatic carbocycles. The molecule has 0 aliphatic heterocycles. The van der Waals surface area contributed by atoms with E-state index in [1.807, 2.05) is 0 Å². The van der Waals surface area contributed by atoms with Crippen LogP contribution in [0.4, 0.5) is 0 Å². The Labute approximate surface area is 75.6 Å². The minimum atomic E-state index is -0.934. The molecule has 0 heterocycles. The molecule has 0 bridgehead atoms. The molecule has 0 radical (unpaired) electrons. The SMILES string of the molecule is CC(=O)SCC(CO)(CO)CO. The molecule has 4 nitrogen and oxygen atoms in total.